The number of benzene rings is 2. The van der Waals surface area contributed by atoms with Gasteiger partial charge in [-0.3, -0.25) is 20.4 Å². The number of halogens is 1. The minimum absolute atomic E-state index is 0.0159. The van der Waals surface area contributed by atoms with E-state index < -0.39 is 0 Å². The van der Waals surface area contributed by atoms with Crippen molar-refractivity contribution in [2.75, 3.05) is 19.0 Å². The lowest BCUT2D eigenvalue weighted by Crippen LogP contribution is -2.44. The zero-order chi connectivity index (χ0) is 22.1. The maximum atomic E-state index is 11.9. The molecule has 1 heterocycles. The summed E-state index contributed by atoms with van der Waals surface area (Å²) in [7, 11) is 1.58. The third-order valence-corrected chi connectivity index (χ3v) is 4.50. The van der Waals surface area contributed by atoms with Gasteiger partial charge in [-0.05, 0) is 55.0 Å². The molecule has 1 aromatic heterocycles. The van der Waals surface area contributed by atoms with Gasteiger partial charge < -0.3 is 14.6 Å². The standard InChI is InChI=1S/C21H22ClN5O4/c1-30-17-11-9-16(10-12-17)23-13-19(29)26-25-18(28)3-2-4-20-24-21(27-31-20)14-5-7-15(22)8-6-14/h5-12,23H,2-4,13H2,1H3,(H,25,28)(H,26,29). The number of aromatic nitrogens is 2. The van der Waals surface area contributed by atoms with Crippen molar-refractivity contribution in [2.45, 2.75) is 19.3 Å². The molecule has 0 saturated carbocycles. The fourth-order valence-electron chi connectivity index (χ4n) is 2.61. The minimum atomic E-state index is -0.367. The van der Waals surface area contributed by atoms with Gasteiger partial charge in [0.2, 0.25) is 17.6 Å². The molecule has 31 heavy (non-hydrogen) atoms. The molecule has 2 aromatic carbocycles. The molecule has 0 radical (unpaired) electrons. The third-order valence-electron chi connectivity index (χ3n) is 4.25. The number of nitrogens with zero attached hydrogens (tertiary/aromatic N) is 2. The molecule has 3 rings (SSSR count). The quantitative estimate of drug-likeness (QED) is 0.435. The van der Waals surface area contributed by atoms with Crippen LogP contribution in [0.3, 0.4) is 0 Å². The Hall–Kier alpha value is -3.59. The molecule has 3 aromatic rings. The highest BCUT2D eigenvalue weighted by molar-refractivity contribution is 6.30. The number of anilines is 1. The van der Waals surface area contributed by atoms with Crippen LogP contribution in [-0.2, 0) is 16.0 Å². The normalized spacial score (nSPS) is 10.4. The van der Waals surface area contributed by atoms with Crippen LogP contribution in [0.15, 0.2) is 53.1 Å². The lowest BCUT2D eigenvalue weighted by Gasteiger charge is -2.09. The van der Waals surface area contributed by atoms with Gasteiger partial charge in [-0.25, -0.2) is 0 Å². The summed E-state index contributed by atoms with van der Waals surface area (Å²) in [5, 5.41) is 7.50. The SMILES string of the molecule is COc1ccc(NCC(=O)NNC(=O)CCCc2nc(-c3ccc(Cl)cc3)no2)cc1. The molecule has 0 bridgehead atoms. The maximum absolute atomic E-state index is 11.9. The van der Waals surface area contributed by atoms with Gasteiger partial charge in [-0.2, -0.15) is 4.98 Å². The summed E-state index contributed by atoms with van der Waals surface area (Å²) in [5.41, 5.74) is 6.31. The average Bonchev–Trinajstić information content (AvgIpc) is 3.26. The molecule has 10 heteroatoms. The van der Waals surface area contributed by atoms with Gasteiger partial charge in [0.15, 0.2) is 0 Å². The number of carbonyl (C=O) groups excluding carboxylic acids is 2. The average molecular weight is 444 g/mol. The molecule has 0 fully saturated rings. The second-order valence-electron chi connectivity index (χ2n) is 6.55. The Bertz CT molecular complexity index is 1010. The molecule has 3 N–H and O–H groups in total. The predicted molar refractivity (Wildman–Crippen MR) is 115 cm³/mol. The minimum Gasteiger partial charge on any atom is -0.497 e. The number of hydrogen-bond acceptors (Lipinski definition) is 7. The first-order chi connectivity index (χ1) is 15.0. The second-order valence-corrected chi connectivity index (χ2v) is 6.99. The van der Waals surface area contributed by atoms with E-state index in [0.717, 1.165) is 17.0 Å². The van der Waals surface area contributed by atoms with Crippen LogP contribution in [0.2, 0.25) is 5.02 Å². The Morgan fingerprint density at radius 3 is 2.45 bits per heavy atom. The first kappa shape index (κ1) is 22.1. The number of methoxy groups -OCH3 is 1. The Balaban J connectivity index is 1.33. The van der Waals surface area contributed by atoms with Crippen LogP contribution in [0.5, 0.6) is 5.75 Å². The van der Waals surface area contributed by atoms with Crippen molar-refractivity contribution in [2.24, 2.45) is 0 Å². The van der Waals surface area contributed by atoms with Crippen LogP contribution in [-0.4, -0.2) is 35.6 Å². The molecule has 0 aliphatic rings. The molecule has 0 aliphatic carbocycles. The fraction of sp³-hybridized carbons (Fsp3) is 0.238. The van der Waals surface area contributed by atoms with E-state index in [9.17, 15) is 9.59 Å². The second kappa shape index (κ2) is 11.0. The van der Waals surface area contributed by atoms with Crippen molar-refractivity contribution in [1.82, 2.24) is 21.0 Å². The molecule has 0 unspecified atom stereocenters. The van der Waals surface area contributed by atoms with Crippen molar-refractivity contribution in [3.05, 3.63) is 59.4 Å². The van der Waals surface area contributed by atoms with Crippen LogP contribution >= 0.6 is 11.6 Å². The highest BCUT2D eigenvalue weighted by Crippen LogP contribution is 2.19. The van der Waals surface area contributed by atoms with E-state index in [1.54, 1.807) is 55.6 Å². The Morgan fingerprint density at radius 1 is 1.03 bits per heavy atom. The number of aryl methyl sites for hydroxylation is 1. The Kier molecular flexibility index (Phi) is 7.83. The fourth-order valence-corrected chi connectivity index (χ4v) is 2.74. The van der Waals surface area contributed by atoms with Gasteiger partial charge in [-0.1, -0.05) is 16.8 Å². The molecule has 162 valence electrons. The number of carbonyl (C=O) groups is 2. The van der Waals surface area contributed by atoms with Crippen molar-refractivity contribution in [3.8, 4) is 17.1 Å². The largest absolute Gasteiger partial charge is 0.497 e. The van der Waals surface area contributed by atoms with Crippen LogP contribution < -0.4 is 20.9 Å². The van der Waals surface area contributed by atoms with E-state index in [1.165, 1.54) is 0 Å². The summed E-state index contributed by atoms with van der Waals surface area (Å²) in [6.45, 7) is 0.0159. The predicted octanol–water partition coefficient (Wildman–Crippen LogP) is 2.98. The van der Waals surface area contributed by atoms with Crippen LogP contribution in [0, 0.1) is 0 Å². The van der Waals surface area contributed by atoms with E-state index in [2.05, 4.69) is 26.3 Å². The molecular formula is C21H22ClN5O4. The van der Waals surface area contributed by atoms with Crippen LogP contribution in [0.1, 0.15) is 18.7 Å². The monoisotopic (exact) mass is 443 g/mol. The number of amides is 2. The lowest BCUT2D eigenvalue weighted by molar-refractivity contribution is -0.128. The first-order valence-electron chi connectivity index (χ1n) is 9.57. The number of hydrazine groups is 1. The number of ether oxygens (including phenoxy) is 1. The van der Waals surface area contributed by atoms with E-state index >= 15 is 0 Å². The number of nitrogens with one attached hydrogen (secondary N) is 3. The van der Waals surface area contributed by atoms with Gasteiger partial charge in [0.1, 0.15) is 5.75 Å². The summed E-state index contributed by atoms with van der Waals surface area (Å²) in [4.78, 5) is 28.1. The zero-order valence-corrected chi connectivity index (χ0v) is 17.6. The smallest absolute Gasteiger partial charge is 0.257 e. The first-order valence-corrected chi connectivity index (χ1v) is 9.95. The summed E-state index contributed by atoms with van der Waals surface area (Å²) in [5.74, 6) is 0.950. The third kappa shape index (κ3) is 7.00. The molecule has 0 spiro atoms. The van der Waals surface area contributed by atoms with Gasteiger partial charge >= 0.3 is 0 Å². The topological polar surface area (TPSA) is 118 Å². The van der Waals surface area contributed by atoms with E-state index in [1.807, 2.05) is 0 Å². The van der Waals surface area contributed by atoms with Gasteiger partial charge in [0.05, 0.1) is 13.7 Å². The van der Waals surface area contributed by atoms with Crippen molar-refractivity contribution in [3.63, 3.8) is 0 Å². The summed E-state index contributed by atoms with van der Waals surface area (Å²) in [6.07, 6.45) is 1.14. The van der Waals surface area contributed by atoms with Gasteiger partial charge in [0.25, 0.3) is 5.91 Å². The molecule has 9 nitrogen and oxygen atoms in total. The van der Waals surface area contributed by atoms with E-state index in [0.29, 0.717) is 29.6 Å². The lowest BCUT2D eigenvalue weighted by atomic mass is 10.2. The maximum Gasteiger partial charge on any atom is 0.257 e. The molecule has 0 aliphatic heterocycles. The highest BCUT2D eigenvalue weighted by Gasteiger charge is 2.10. The Labute approximate surface area is 184 Å². The van der Waals surface area contributed by atoms with Crippen molar-refractivity contribution < 1.29 is 18.8 Å². The highest BCUT2D eigenvalue weighted by atomic mass is 35.5. The van der Waals surface area contributed by atoms with Gasteiger partial charge in [-0.15, -0.1) is 0 Å². The Morgan fingerprint density at radius 2 is 1.74 bits per heavy atom. The summed E-state index contributed by atoms with van der Waals surface area (Å²) >= 11 is 5.87. The van der Waals surface area contributed by atoms with E-state index in [-0.39, 0.29) is 24.8 Å². The summed E-state index contributed by atoms with van der Waals surface area (Å²) in [6, 6.07) is 14.2. The van der Waals surface area contributed by atoms with Crippen LogP contribution in [0.4, 0.5) is 5.69 Å². The molecule has 2 amide bonds. The van der Waals surface area contributed by atoms with Gasteiger partial charge in [0, 0.05) is 29.1 Å². The van der Waals surface area contributed by atoms with E-state index in [4.69, 9.17) is 20.9 Å². The number of rotatable bonds is 9. The zero-order valence-electron chi connectivity index (χ0n) is 16.9. The molecular weight excluding hydrogens is 422 g/mol. The molecule has 0 atom stereocenters. The van der Waals surface area contributed by atoms with Crippen molar-refractivity contribution in [1.29, 1.82) is 0 Å². The molecule has 0 saturated heterocycles. The van der Waals surface area contributed by atoms with Crippen LogP contribution in [0.25, 0.3) is 11.4 Å². The summed E-state index contributed by atoms with van der Waals surface area (Å²) < 4.78 is 10.3. The van der Waals surface area contributed by atoms with Crippen molar-refractivity contribution >= 4 is 29.1 Å². The number of hydrogen-bond donors (Lipinski definition) is 3.